The Morgan fingerprint density at radius 2 is 2.16 bits per heavy atom. The van der Waals surface area contributed by atoms with E-state index in [9.17, 15) is 0 Å². The molecule has 1 aliphatic heterocycles. The normalized spacial score (nSPS) is 18.3. The Balaban J connectivity index is 1.75. The van der Waals surface area contributed by atoms with E-state index < -0.39 is 0 Å². The van der Waals surface area contributed by atoms with Gasteiger partial charge in [0.15, 0.2) is 0 Å². The molecule has 108 valence electrons. The van der Waals surface area contributed by atoms with Crippen LogP contribution in [0.4, 0.5) is 0 Å². The van der Waals surface area contributed by atoms with Crippen LogP contribution in [0.1, 0.15) is 23.5 Å². The zero-order chi connectivity index (χ0) is 13.7. The van der Waals surface area contributed by atoms with Crippen molar-refractivity contribution < 1.29 is 0 Å². The summed E-state index contributed by atoms with van der Waals surface area (Å²) in [5.74, 6) is 0.870. The van der Waals surface area contributed by atoms with Crippen LogP contribution in [0.3, 0.4) is 0 Å². The first-order chi connectivity index (χ1) is 9.17. The molecule has 4 nitrogen and oxygen atoms in total. The van der Waals surface area contributed by atoms with Crippen LogP contribution >= 0.6 is 11.3 Å². The molecule has 0 amide bonds. The van der Waals surface area contributed by atoms with Crippen molar-refractivity contribution in [3.63, 3.8) is 0 Å². The first-order valence-electron chi connectivity index (χ1n) is 7.18. The number of piperidine rings is 1. The SMILES string of the molecule is CN(C)CC1CCN(Cc2csc(CCN)n2)CC1. The van der Waals surface area contributed by atoms with Gasteiger partial charge in [-0.05, 0) is 52.5 Å². The monoisotopic (exact) mass is 282 g/mol. The van der Waals surface area contributed by atoms with Crippen molar-refractivity contribution in [2.45, 2.75) is 25.8 Å². The molecular weight excluding hydrogens is 256 g/mol. The van der Waals surface area contributed by atoms with E-state index >= 15 is 0 Å². The number of rotatable bonds is 6. The van der Waals surface area contributed by atoms with Crippen LogP contribution in [0.25, 0.3) is 0 Å². The first-order valence-corrected chi connectivity index (χ1v) is 8.05. The molecular formula is C14H26N4S. The van der Waals surface area contributed by atoms with Crippen molar-refractivity contribution in [1.29, 1.82) is 0 Å². The van der Waals surface area contributed by atoms with Crippen LogP contribution in [0.5, 0.6) is 0 Å². The smallest absolute Gasteiger partial charge is 0.0941 e. The topological polar surface area (TPSA) is 45.4 Å². The predicted octanol–water partition coefficient (Wildman–Crippen LogP) is 1.42. The van der Waals surface area contributed by atoms with Crippen LogP contribution in [0, 0.1) is 5.92 Å². The van der Waals surface area contributed by atoms with Gasteiger partial charge in [-0.1, -0.05) is 0 Å². The lowest BCUT2D eigenvalue weighted by Gasteiger charge is -2.32. The number of hydrogen-bond acceptors (Lipinski definition) is 5. The highest BCUT2D eigenvalue weighted by molar-refractivity contribution is 7.09. The molecule has 1 saturated heterocycles. The van der Waals surface area contributed by atoms with E-state index in [0.717, 1.165) is 18.9 Å². The summed E-state index contributed by atoms with van der Waals surface area (Å²) in [5, 5.41) is 3.37. The van der Waals surface area contributed by atoms with Gasteiger partial charge >= 0.3 is 0 Å². The minimum Gasteiger partial charge on any atom is -0.330 e. The molecule has 0 bridgehead atoms. The average Bonchev–Trinajstić information content (AvgIpc) is 2.79. The minimum atomic E-state index is 0.697. The highest BCUT2D eigenvalue weighted by Gasteiger charge is 2.20. The number of aromatic nitrogens is 1. The summed E-state index contributed by atoms with van der Waals surface area (Å²) in [4.78, 5) is 9.49. The minimum absolute atomic E-state index is 0.697. The lowest BCUT2D eigenvalue weighted by atomic mass is 9.96. The second kappa shape index (κ2) is 7.33. The molecule has 0 unspecified atom stereocenters. The molecule has 1 aromatic heterocycles. The zero-order valence-corrected chi connectivity index (χ0v) is 13.0. The van der Waals surface area contributed by atoms with E-state index in [1.54, 1.807) is 11.3 Å². The number of likely N-dealkylation sites (tertiary alicyclic amines) is 1. The van der Waals surface area contributed by atoms with Gasteiger partial charge in [0.25, 0.3) is 0 Å². The quantitative estimate of drug-likeness (QED) is 0.857. The molecule has 0 spiro atoms. The third kappa shape index (κ3) is 4.84. The van der Waals surface area contributed by atoms with Crippen molar-refractivity contribution in [2.24, 2.45) is 11.7 Å². The van der Waals surface area contributed by atoms with Gasteiger partial charge in [-0.3, -0.25) is 4.90 Å². The lowest BCUT2D eigenvalue weighted by molar-refractivity contribution is 0.155. The summed E-state index contributed by atoms with van der Waals surface area (Å²) >= 11 is 1.75. The molecule has 0 aromatic carbocycles. The number of thiazole rings is 1. The molecule has 2 rings (SSSR count). The molecule has 0 radical (unpaired) electrons. The third-order valence-corrected chi connectivity index (χ3v) is 4.63. The van der Waals surface area contributed by atoms with Crippen molar-refractivity contribution >= 4 is 11.3 Å². The van der Waals surface area contributed by atoms with E-state index in [4.69, 9.17) is 5.73 Å². The molecule has 19 heavy (non-hydrogen) atoms. The van der Waals surface area contributed by atoms with Crippen molar-refractivity contribution in [2.75, 3.05) is 40.3 Å². The highest BCUT2D eigenvalue weighted by Crippen LogP contribution is 2.20. The number of nitrogens with two attached hydrogens (primary N) is 1. The Labute approximate surface area is 120 Å². The molecule has 0 aliphatic carbocycles. The Kier molecular flexibility index (Phi) is 5.76. The van der Waals surface area contributed by atoms with Gasteiger partial charge < -0.3 is 10.6 Å². The molecule has 0 saturated carbocycles. The summed E-state index contributed by atoms with van der Waals surface area (Å²) < 4.78 is 0. The molecule has 1 aromatic rings. The molecule has 1 aliphatic rings. The van der Waals surface area contributed by atoms with Crippen LogP contribution in [-0.2, 0) is 13.0 Å². The molecule has 0 atom stereocenters. The Morgan fingerprint density at radius 1 is 1.42 bits per heavy atom. The number of nitrogens with zero attached hydrogens (tertiary/aromatic N) is 3. The van der Waals surface area contributed by atoms with Gasteiger partial charge in [0.2, 0.25) is 0 Å². The molecule has 2 N–H and O–H groups in total. The van der Waals surface area contributed by atoms with E-state index in [0.29, 0.717) is 6.54 Å². The van der Waals surface area contributed by atoms with Crippen LogP contribution in [0.2, 0.25) is 0 Å². The van der Waals surface area contributed by atoms with Crippen molar-refractivity contribution in [3.05, 3.63) is 16.1 Å². The summed E-state index contributed by atoms with van der Waals surface area (Å²) in [5.41, 5.74) is 6.78. The van der Waals surface area contributed by atoms with Gasteiger partial charge in [0.1, 0.15) is 0 Å². The zero-order valence-electron chi connectivity index (χ0n) is 12.1. The fourth-order valence-electron chi connectivity index (χ4n) is 2.73. The largest absolute Gasteiger partial charge is 0.330 e. The van der Waals surface area contributed by atoms with E-state index in [1.807, 2.05) is 0 Å². The summed E-state index contributed by atoms with van der Waals surface area (Å²) in [7, 11) is 4.33. The maximum Gasteiger partial charge on any atom is 0.0941 e. The Morgan fingerprint density at radius 3 is 2.79 bits per heavy atom. The van der Waals surface area contributed by atoms with E-state index in [2.05, 4.69) is 34.3 Å². The van der Waals surface area contributed by atoms with Gasteiger partial charge in [0, 0.05) is 24.9 Å². The predicted molar refractivity (Wildman–Crippen MR) is 81.4 cm³/mol. The summed E-state index contributed by atoms with van der Waals surface area (Å²) in [6, 6.07) is 0. The van der Waals surface area contributed by atoms with Crippen LogP contribution in [0.15, 0.2) is 5.38 Å². The van der Waals surface area contributed by atoms with Gasteiger partial charge in [0.05, 0.1) is 10.7 Å². The second-order valence-corrected chi connectivity index (χ2v) is 6.70. The average molecular weight is 282 g/mol. The van der Waals surface area contributed by atoms with Gasteiger partial charge in [-0.2, -0.15) is 0 Å². The van der Waals surface area contributed by atoms with Crippen LogP contribution in [-0.4, -0.2) is 55.1 Å². The van der Waals surface area contributed by atoms with Crippen molar-refractivity contribution in [3.8, 4) is 0 Å². The molecule has 1 fully saturated rings. The number of hydrogen-bond donors (Lipinski definition) is 1. The fraction of sp³-hybridized carbons (Fsp3) is 0.786. The summed E-state index contributed by atoms with van der Waals surface area (Å²) in [6.45, 7) is 5.36. The Hall–Kier alpha value is -0.490. The second-order valence-electron chi connectivity index (χ2n) is 5.75. The third-order valence-electron chi connectivity index (χ3n) is 3.67. The first kappa shape index (κ1) is 14.9. The molecule has 2 heterocycles. The highest BCUT2D eigenvalue weighted by atomic mass is 32.1. The van der Waals surface area contributed by atoms with E-state index in [-0.39, 0.29) is 0 Å². The van der Waals surface area contributed by atoms with Crippen molar-refractivity contribution in [1.82, 2.24) is 14.8 Å². The van der Waals surface area contributed by atoms with Crippen LogP contribution < -0.4 is 5.73 Å². The standard InChI is InChI=1S/C14H26N4S/c1-17(2)9-12-4-7-18(8-5-12)10-13-11-19-14(16-13)3-6-15/h11-12H,3-10,15H2,1-2H3. The maximum atomic E-state index is 5.56. The van der Waals surface area contributed by atoms with Gasteiger partial charge in [-0.25, -0.2) is 4.98 Å². The fourth-order valence-corrected chi connectivity index (χ4v) is 3.54. The maximum absolute atomic E-state index is 5.56. The summed E-state index contributed by atoms with van der Waals surface area (Å²) in [6.07, 6.45) is 3.55. The van der Waals surface area contributed by atoms with E-state index in [1.165, 1.54) is 43.2 Å². The lowest BCUT2D eigenvalue weighted by Crippen LogP contribution is -2.36. The Bertz CT molecular complexity index is 369. The van der Waals surface area contributed by atoms with Gasteiger partial charge in [-0.15, -0.1) is 11.3 Å². The molecule has 5 heteroatoms.